The number of alkyl halides is 2. The first-order chi connectivity index (χ1) is 4.04. The summed E-state index contributed by atoms with van der Waals surface area (Å²) in [7, 11) is 0. The number of rotatable bonds is 2. The van der Waals surface area contributed by atoms with Gasteiger partial charge in [-0.1, -0.05) is 0 Å². The van der Waals surface area contributed by atoms with E-state index in [1.807, 2.05) is 17.9 Å². The number of hydrogen-bond donors (Lipinski definition) is 1. The molecule has 0 aliphatic rings. The Bertz CT molecular complexity index is 129. The van der Waals surface area contributed by atoms with Crippen molar-refractivity contribution < 1.29 is 3.44 Å². The summed E-state index contributed by atoms with van der Waals surface area (Å²) in [4.78, 5) is 0. The van der Waals surface area contributed by atoms with Crippen molar-refractivity contribution in [3.8, 4) is 4.08 Å². The topological polar surface area (TPSA) is 44.0 Å². The van der Waals surface area contributed by atoms with Crippen molar-refractivity contribution in [3.05, 3.63) is 0 Å². The van der Waals surface area contributed by atoms with Gasteiger partial charge in [0.2, 0.25) is 0 Å². The molecular weight excluding hydrogens is 344 g/mol. The van der Waals surface area contributed by atoms with E-state index >= 15 is 0 Å². The van der Waals surface area contributed by atoms with E-state index in [2.05, 4.69) is 22.6 Å². The summed E-state index contributed by atoms with van der Waals surface area (Å²) >= 11 is -0.0560. The first-order valence-corrected chi connectivity index (χ1v) is 7.04. The van der Waals surface area contributed by atoms with Crippen LogP contribution in [0, 0.1) is 9.34 Å². The maximum absolute atomic E-state index is 9.18. The quantitative estimate of drug-likeness (QED) is 0.611. The van der Waals surface area contributed by atoms with Gasteiger partial charge >= 0.3 is 77.3 Å². The molecule has 2 nitrogen and oxygen atoms in total. The van der Waals surface area contributed by atoms with E-state index in [-0.39, 0.29) is 3.42 Å². The van der Waals surface area contributed by atoms with Crippen LogP contribution in [0.1, 0.15) is 13.8 Å². The molecule has 0 fully saturated rings. The standard InChI is InChI=1S/C5H9I2NO/c1-5(2,3-6)7(9)4-8/h9H,3H2,1-2H3. The van der Waals surface area contributed by atoms with E-state index in [0.29, 0.717) is 0 Å². The second-order valence-electron chi connectivity index (χ2n) is 2.20. The molecule has 0 aliphatic heterocycles. The maximum atomic E-state index is 9.18. The van der Waals surface area contributed by atoms with Crippen molar-refractivity contribution >= 4 is 42.8 Å². The summed E-state index contributed by atoms with van der Waals surface area (Å²) in [5.41, 5.74) is 0. The van der Waals surface area contributed by atoms with Crippen LogP contribution >= 0.6 is 42.8 Å². The fraction of sp³-hybridized carbons (Fsp3) is 0.800. The Morgan fingerprint density at radius 3 is 2.33 bits per heavy atom. The normalized spacial score (nSPS) is 12.6. The van der Waals surface area contributed by atoms with Crippen LogP contribution in [0.4, 0.5) is 0 Å². The van der Waals surface area contributed by atoms with Crippen LogP contribution in [0.2, 0.25) is 0 Å². The van der Waals surface area contributed by atoms with Crippen LogP contribution in [-0.2, 0) is 0 Å². The molecule has 9 heavy (non-hydrogen) atoms. The van der Waals surface area contributed by atoms with Crippen molar-refractivity contribution in [2.45, 2.75) is 17.3 Å². The fourth-order valence-electron chi connectivity index (χ4n) is 0.162. The van der Waals surface area contributed by atoms with Crippen LogP contribution in [0.3, 0.4) is 0 Å². The minimum absolute atomic E-state index is 0.112. The van der Waals surface area contributed by atoms with Crippen molar-refractivity contribution in [2.75, 3.05) is 4.43 Å². The van der Waals surface area contributed by atoms with Crippen molar-refractivity contribution in [2.24, 2.45) is 0 Å². The molecule has 0 aromatic carbocycles. The number of nitriles is 1. The van der Waals surface area contributed by atoms with Gasteiger partial charge in [-0.25, -0.2) is 0 Å². The summed E-state index contributed by atoms with van der Waals surface area (Å²) in [5, 5.41) is 8.37. The predicted molar refractivity (Wildman–Crippen MR) is 54.8 cm³/mol. The van der Waals surface area contributed by atoms with Gasteiger partial charge in [-0.15, -0.1) is 0 Å². The van der Waals surface area contributed by atoms with E-state index in [0.717, 1.165) is 4.43 Å². The van der Waals surface area contributed by atoms with E-state index < -0.39 is 20.2 Å². The fourth-order valence-corrected chi connectivity index (χ4v) is 2.92. The Kier molecular flexibility index (Phi) is 4.33. The third-order valence-electron chi connectivity index (χ3n) is 0.882. The molecule has 0 radical (unpaired) electrons. The van der Waals surface area contributed by atoms with Crippen molar-refractivity contribution in [1.29, 1.82) is 5.26 Å². The van der Waals surface area contributed by atoms with Gasteiger partial charge < -0.3 is 0 Å². The molecule has 0 bridgehead atoms. The first-order valence-electron chi connectivity index (χ1n) is 2.39. The summed E-state index contributed by atoms with van der Waals surface area (Å²) in [5.74, 6) is 0. The molecule has 4 heteroatoms. The van der Waals surface area contributed by atoms with Crippen LogP contribution in [0.15, 0.2) is 0 Å². The Balaban J connectivity index is 4.01. The summed E-state index contributed by atoms with van der Waals surface area (Å²) < 4.78 is 11.9. The number of hydrogen-bond acceptors (Lipinski definition) is 2. The summed E-state index contributed by atoms with van der Waals surface area (Å²) in [6.45, 7) is 3.88. The predicted octanol–water partition coefficient (Wildman–Crippen LogP) is 2.09. The Morgan fingerprint density at radius 2 is 2.22 bits per heavy atom. The van der Waals surface area contributed by atoms with Gasteiger partial charge in [0.25, 0.3) is 0 Å². The molecule has 0 atom stereocenters. The Labute approximate surface area is 76.7 Å². The van der Waals surface area contributed by atoms with Gasteiger partial charge in [0.1, 0.15) is 0 Å². The van der Waals surface area contributed by atoms with Gasteiger partial charge in [0.05, 0.1) is 0 Å². The molecule has 0 spiro atoms. The van der Waals surface area contributed by atoms with Crippen LogP contribution in [0.25, 0.3) is 0 Å². The second kappa shape index (κ2) is 3.93. The molecule has 0 amide bonds. The zero-order chi connectivity index (χ0) is 7.49. The minimum atomic E-state index is -2.25. The van der Waals surface area contributed by atoms with E-state index in [1.165, 1.54) is 0 Å². The Morgan fingerprint density at radius 1 is 1.78 bits per heavy atom. The molecule has 0 rings (SSSR count). The summed E-state index contributed by atoms with van der Waals surface area (Å²) in [6, 6.07) is 0. The zero-order valence-electron chi connectivity index (χ0n) is 5.36. The van der Waals surface area contributed by atoms with E-state index in [9.17, 15) is 3.44 Å². The van der Waals surface area contributed by atoms with E-state index in [4.69, 9.17) is 5.26 Å². The van der Waals surface area contributed by atoms with Gasteiger partial charge in [-0.05, 0) is 0 Å². The molecule has 0 aromatic rings. The molecule has 0 unspecified atom stereocenters. The van der Waals surface area contributed by atoms with Gasteiger partial charge in [-0.2, -0.15) is 0 Å². The van der Waals surface area contributed by atoms with Crippen molar-refractivity contribution in [3.63, 3.8) is 0 Å². The van der Waals surface area contributed by atoms with Crippen molar-refractivity contribution in [1.82, 2.24) is 0 Å². The third kappa shape index (κ3) is 3.00. The molecule has 0 saturated heterocycles. The van der Waals surface area contributed by atoms with Gasteiger partial charge in [0.15, 0.2) is 0 Å². The average molecular weight is 353 g/mol. The number of nitrogens with zero attached hydrogens (tertiary/aromatic N) is 1. The zero-order valence-corrected chi connectivity index (χ0v) is 9.67. The molecule has 54 valence electrons. The van der Waals surface area contributed by atoms with Gasteiger partial charge in [-0.3, -0.25) is 0 Å². The SMILES string of the molecule is CC(C)(CI)I(O)C#N. The molecule has 0 saturated carbocycles. The van der Waals surface area contributed by atoms with Gasteiger partial charge in [0, 0.05) is 0 Å². The van der Waals surface area contributed by atoms with Crippen LogP contribution in [0.5, 0.6) is 0 Å². The monoisotopic (exact) mass is 353 g/mol. The van der Waals surface area contributed by atoms with Crippen LogP contribution in [-0.4, -0.2) is 11.3 Å². The molecule has 0 aliphatic carbocycles. The first kappa shape index (κ1) is 9.91. The van der Waals surface area contributed by atoms with Crippen LogP contribution < -0.4 is 0 Å². The van der Waals surface area contributed by atoms with E-state index in [1.54, 1.807) is 0 Å². The second-order valence-corrected chi connectivity index (χ2v) is 7.87. The summed E-state index contributed by atoms with van der Waals surface area (Å²) in [6.07, 6.45) is 0. The molecular formula is C5H9I2NO. The molecule has 1 N–H and O–H groups in total. The Hall–Kier alpha value is 0.910. The average Bonchev–Trinajstić information content (AvgIpc) is 1.86. The molecule has 0 heterocycles. The number of halogens is 2. The third-order valence-corrected chi connectivity index (χ3v) is 7.85. The molecule has 0 aromatic heterocycles.